The van der Waals surface area contributed by atoms with Crippen molar-refractivity contribution < 1.29 is 19.4 Å². The van der Waals surface area contributed by atoms with Gasteiger partial charge in [0.15, 0.2) is 0 Å². The normalized spacial score (nSPS) is 19.2. The fraction of sp³-hybridized carbons (Fsp3) is 0.357. The van der Waals surface area contributed by atoms with Crippen LogP contribution in [-0.2, 0) is 9.53 Å². The van der Waals surface area contributed by atoms with Gasteiger partial charge in [0.2, 0.25) is 0 Å². The smallest absolute Gasteiger partial charge is 0.328 e. The van der Waals surface area contributed by atoms with Gasteiger partial charge >= 0.3 is 5.97 Å². The number of carboxylic acid groups (broad SMARTS) is 1. The number of aromatic nitrogens is 1. The number of ether oxygens (including phenoxy) is 1. The molecule has 0 saturated carbocycles. The van der Waals surface area contributed by atoms with E-state index in [4.69, 9.17) is 9.84 Å². The molecule has 106 valence electrons. The predicted octanol–water partition coefficient (Wildman–Crippen LogP) is 1.04. The maximum Gasteiger partial charge on any atom is 0.328 e. The van der Waals surface area contributed by atoms with Gasteiger partial charge in [-0.2, -0.15) is 0 Å². The van der Waals surface area contributed by atoms with Crippen LogP contribution in [0.4, 0.5) is 0 Å². The number of amides is 1. The molecule has 1 aliphatic heterocycles. The molecule has 0 aliphatic carbocycles. The predicted molar refractivity (Wildman–Crippen MR) is 72.2 cm³/mol. The van der Waals surface area contributed by atoms with E-state index in [1.807, 2.05) is 6.92 Å². The zero-order valence-corrected chi connectivity index (χ0v) is 11.2. The van der Waals surface area contributed by atoms with E-state index in [1.54, 1.807) is 17.0 Å². The van der Waals surface area contributed by atoms with E-state index in [-0.39, 0.29) is 17.6 Å². The third-order valence-corrected chi connectivity index (χ3v) is 3.08. The zero-order chi connectivity index (χ0) is 14.5. The second-order valence-electron chi connectivity index (χ2n) is 4.54. The summed E-state index contributed by atoms with van der Waals surface area (Å²) in [6.45, 7) is 3.42. The van der Waals surface area contributed by atoms with Gasteiger partial charge in [-0.3, -0.25) is 9.78 Å². The highest BCUT2D eigenvalue weighted by molar-refractivity contribution is 5.97. The average molecular weight is 276 g/mol. The van der Waals surface area contributed by atoms with E-state index in [2.05, 4.69) is 4.98 Å². The lowest BCUT2D eigenvalue weighted by atomic mass is 10.1. The summed E-state index contributed by atoms with van der Waals surface area (Å²) in [5, 5.41) is 8.68. The quantitative estimate of drug-likeness (QED) is 0.834. The molecule has 2 rings (SSSR count). The Labute approximate surface area is 116 Å². The Hall–Kier alpha value is -2.21. The highest BCUT2D eigenvalue weighted by Gasteiger charge is 2.26. The standard InChI is InChI=1S/C14H16N2O4/c1-10-9-20-8-7-16(10)14(19)13-11(3-2-6-15-13)4-5-12(17)18/h2-6,10H,7-9H2,1H3,(H,17,18)/b5-4+. The van der Waals surface area contributed by atoms with Crippen molar-refractivity contribution in [3.8, 4) is 0 Å². The molecule has 0 radical (unpaired) electrons. The molecule has 2 heterocycles. The van der Waals surface area contributed by atoms with Crippen molar-refractivity contribution in [2.75, 3.05) is 19.8 Å². The first kappa shape index (κ1) is 14.2. The van der Waals surface area contributed by atoms with Crippen molar-refractivity contribution in [1.82, 2.24) is 9.88 Å². The molecule has 1 saturated heterocycles. The largest absolute Gasteiger partial charge is 0.478 e. The maximum absolute atomic E-state index is 12.5. The Morgan fingerprint density at radius 2 is 2.35 bits per heavy atom. The van der Waals surface area contributed by atoms with Crippen LogP contribution in [0.3, 0.4) is 0 Å². The summed E-state index contributed by atoms with van der Waals surface area (Å²) in [7, 11) is 0. The first-order chi connectivity index (χ1) is 9.59. The summed E-state index contributed by atoms with van der Waals surface area (Å²) in [5.74, 6) is -1.27. The highest BCUT2D eigenvalue weighted by Crippen LogP contribution is 2.15. The number of morpholine rings is 1. The number of aliphatic carboxylic acids is 1. The van der Waals surface area contributed by atoms with E-state index in [9.17, 15) is 9.59 Å². The number of hydrogen-bond acceptors (Lipinski definition) is 4. The molecule has 0 aromatic carbocycles. The van der Waals surface area contributed by atoms with Crippen LogP contribution >= 0.6 is 0 Å². The molecule has 1 N–H and O–H groups in total. The highest BCUT2D eigenvalue weighted by atomic mass is 16.5. The summed E-state index contributed by atoms with van der Waals surface area (Å²) in [6.07, 6.45) is 3.90. The van der Waals surface area contributed by atoms with Crippen LogP contribution in [0.15, 0.2) is 24.4 Å². The molecule has 20 heavy (non-hydrogen) atoms. The SMILES string of the molecule is CC1COCCN1C(=O)c1ncccc1/C=C/C(=O)O. The minimum Gasteiger partial charge on any atom is -0.478 e. The summed E-state index contributed by atoms with van der Waals surface area (Å²) in [5.41, 5.74) is 0.761. The van der Waals surface area contributed by atoms with Crippen LogP contribution in [0.25, 0.3) is 6.08 Å². The van der Waals surface area contributed by atoms with Crippen LogP contribution in [0, 0.1) is 0 Å². The Morgan fingerprint density at radius 3 is 3.05 bits per heavy atom. The van der Waals surface area contributed by atoms with Gasteiger partial charge in [0.25, 0.3) is 5.91 Å². The molecule has 0 spiro atoms. The van der Waals surface area contributed by atoms with Gasteiger partial charge in [-0.05, 0) is 19.1 Å². The average Bonchev–Trinajstić information content (AvgIpc) is 2.45. The third-order valence-electron chi connectivity index (χ3n) is 3.08. The Morgan fingerprint density at radius 1 is 1.55 bits per heavy atom. The number of carbonyl (C=O) groups is 2. The molecule has 1 atom stereocenters. The Kier molecular flexibility index (Phi) is 4.47. The molecule has 1 aliphatic rings. The van der Waals surface area contributed by atoms with Gasteiger partial charge in [0.1, 0.15) is 5.69 Å². The monoisotopic (exact) mass is 276 g/mol. The van der Waals surface area contributed by atoms with Crippen LogP contribution in [-0.4, -0.2) is 52.7 Å². The molecular weight excluding hydrogens is 260 g/mol. The van der Waals surface area contributed by atoms with Crippen molar-refractivity contribution in [3.63, 3.8) is 0 Å². The number of carbonyl (C=O) groups excluding carboxylic acids is 1. The number of pyridine rings is 1. The summed E-state index contributed by atoms with van der Waals surface area (Å²) in [4.78, 5) is 28.9. The van der Waals surface area contributed by atoms with Gasteiger partial charge < -0.3 is 14.7 Å². The van der Waals surface area contributed by atoms with Crippen LogP contribution in [0.1, 0.15) is 23.0 Å². The fourth-order valence-corrected chi connectivity index (χ4v) is 2.06. The lowest BCUT2D eigenvalue weighted by Crippen LogP contribution is -2.47. The van der Waals surface area contributed by atoms with Crippen LogP contribution < -0.4 is 0 Å². The Balaban J connectivity index is 2.27. The summed E-state index contributed by atoms with van der Waals surface area (Å²) in [6, 6.07) is 3.32. The van der Waals surface area contributed by atoms with Crippen molar-refractivity contribution in [2.45, 2.75) is 13.0 Å². The van der Waals surface area contributed by atoms with Crippen LogP contribution in [0.5, 0.6) is 0 Å². The van der Waals surface area contributed by atoms with Crippen LogP contribution in [0.2, 0.25) is 0 Å². The first-order valence-electron chi connectivity index (χ1n) is 6.34. The molecule has 1 aromatic heterocycles. The zero-order valence-electron chi connectivity index (χ0n) is 11.2. The minimum absolute atomic E-state index is 0.0189. The van der Waals surface area contributed by atoms with Gasteiger partial charge in [-0.1, -0.05) is 6.07 Å². The van der Waals surface area contributed by atoms with Gasteiger partial charge in [-0.25, -0.2) is 4.79 Å². The third kappa shape index (κ3) is 3.21. The van der Waals surface area contributed by atoms with E-state index < -0.39 is 5.97 Å². The van der Waals surface area contributed by atoms with Gasteiger partial charge in [0.05, 0.1) is 19.3 Å². The lowest BCUT2D eigenvalue weighted by molar-refractivity contribution is -0.131. The fourth-order valence-electron chi connectivity index (χ4n) is 2.06. The molecule has 1 amide bonds. The van der Waals surface area contributed by atoms with Gasteiger partial charge in [0, 0.05) is 24.4 Å². The molecule has 1 fully saturated rings. The molecule has 1 aromatic rings. The van der Waals surface area contributed by atoms with Crippen molar-refractivity contribution in [1.29, 1.82) is 0 Å². The molecule has 6 nitrogen and oxygen atoms in total. The van der Waals surface area contributed by atoms with Crippen molar-refractivity contribution in [3.05, 3.63) is 35.7 Å². The maximum atomic E-state index is 12.5. The van der Waals surface area contributed by atoms with E-state index in [0.29, 0.717) is 25.3 Å². The number of nitrogens with zero attached hydrogens (tertiary/aromatic N) is 2. The van der Waals surface area contributed by atoms with E-state index in [1.165, 1.54) is 12.3 Å². The number of hydrogen-bond donors (Lipinski definition) is 1. The van der Waals surface area contributed by atoms with Crippen molar-refractivity contribution in [2.24, 2.45) is 0 Å². The summed E-state index contributed by atoms with van der Waals surface area (Å²) < 4.78 is 5.30. The van der Waals surface area contributed by atoms with Gasteiger partial charge in [-0.15, -0.1) is 0 Å². The number of carboxylic acids is 1. The minimum atomic E-state index is -1.06. The molecular formula is C14H16N2O4. The lowest BCUT2D eigenvalue weighted by Gasteiger charge is -2.33. The topological polar surface area (TPSA) is 79.7 Å². The molecule has 0 bridgehead atoms. The van der Waals surface area contributed by atoms with E-state index in [0.717, 1.165) is 6.08 Å². The van der Waals surface area contributed by atoms with E-state index >= 15 is 0 Å². The molecule has 6 heteroatoms. The Bertz CT molecular complexity index is 542. The second-order valence-corrected chi connectivity index (χ2v) is 4.54. The molecule has 1 unspecified atom stereocenters. The van der Waals surface area contributed by atoms with Crippen molar-refractivity contribution >= 4 is 18.0 Å². The second kappa shape index (κ2) is 6.29. The number of rotatable bonds is 3. The first-order valence-corrected chi connectivity index (χ1v) is 6.34. The summed E-state index contributed by atoms with van der Waals surface area (Å²) >= 11 is 0.